The molecule has 1 aromatic heterocycles. The van der Waals surface area contributed by atoms with E-state index in [1.807, 2.05) is 6.07 Å². The highest BCUT2D eigenvalue weighted by molar-refractivity contribution is 6.47. The molecule has 2 aromatic rings. The Balaban J connectivity index is 2.41. The van der Waals surface area contributed by atoms with Crippen LogP contribution < -0.4 is 5.32 Å². The molecule has 0 spiro atoms. The van der Waals surface area contributed by atoms with E-state index in [1.165, 1.54) is 0 Å². The lowest BCUT2D eigenvalue weighted by Crippen LogP contribution is -2.48. The van der Waals surface area contributed by atoms with Gasteiger partial charge in [0.25, 0.3) is 5.91 Å². The minimum Gasteiger partial charge on any atom is -0.324 e. The number of hydrogen-bond acceptors (Lipinski definition) is 5. The number of nitrogens with zero attached hydrogens (tertiary/aromatic N) is 3. The highest BCUT2D eigenvalue weighted by Crippen LogP contribution is 2.36. The molecule has 0 saturated heterocycles. The molecule has 1 heterocycles. The largest absolute Gasteiger partial charge is 0.324 e. The Morgan fingerprint density at radius 1 is 1.18 bits per heavy atom. The van der Waals surface area contributed by atoms with E-state index in [-0.39, 0.29) is 5.82 Å². The lowest BCUT2D eigenvalue weighted by atomic mass is 9.81. The van der Waals surface area contributed by atoms with Crippen molar-refractivity contribution >= 4 is 29.0 Å². The van der Waals surface area contributed by atoms with Crippen molar-refractivity contribution in [2.75, 3.05) is 5.32 Å². The van der Waals surface area contributed by atoms with Crippen molar-refractivity contribution < 1.29 is 9.59 Å². The SMILES string of the molecule is CC(C)(C)C(=O)C(Cl)(C(=O)Nc1ccccc1)c1nnn[nH]1. The van der Waals surface area contributed by atoms with Gasteiger partial charge in [0.2, 0.25) is 4.87 Å². The van der Waals surface area contributed by atoms with Gasteiger partial charge in [0.05, 0.1) is 0 Å². The highest BCUT2D eigenvalue weighted by atomic mass is 35.5. The van der Waals surface area contributed by atoms with Crippen LogP contribution in [0.25, 0.3) is 0 Å². The first-order valence-corrected chi connectivity index (χ1v) is 6.98. The van der Waals surface area contributed by atoms with Crippen LogP contribution in [0.3, 0.4) is 0 Å². The summed E-state index contributed by atoms with van der Waals surface area (Å²) >= 11 is 6.41. The fourth-order valence-electron chi connectivity index (χ4n) is 1.88. The molecule has 1 atom stereocenters. The van der Waals surface area contributed by atoms with Gasteiger partial charge in [0.15, 0.2) is 11.6 Å². The maximum absolute atomic E-state index is 12.7. The predicted octanol–water partition coefficient (Wildman–Crippen LogP) is 1.89. The molecule has 1 aromatic carbocycles. The number of nitrogens with one attached hydrogen (secondary N) is 2. The van der Waals surface area contributed by atoms with E-state index in [0.717, 1.165) is 0 Å². The summed E-state index contributed by atoms with van der Waals surface area (Å²) in [5.41, 5.74) is -0.338. The fourth-order valence-corrected chi connectivity index (χ4v) is 2.29. The van der Waals surface area contributed by atoms with Crippen molar-refractivity contribution in [1.29, 1.82) is 0 Å². The van der Waals surface area contributed by atoms with Gasteiger partial charge < -0.3 is 5.32 Å². The number of para-hydroxylation sites is 1. The third-order valence-electron chi connectivity index (χ3n) is 3.01. The summed E-state index contributed by atoms with van der Waals surface area (Å²) in [6, 6.07) is 8.70. The number of aromatic amines is 1. The molecule has 0 aliphatic rings. The molecule has 2 N–H and O–H groups in total. The number of anilines is 1. The second-order valence-corrected chi connectivity index (χ2v) is 6.37. The van der Waals surface area contributed by atoms with Crippen molar-refractivity contribution in [3.63, 3.8) is 0 Å². The molecule has 22 heavy (non-hydrogen) atoms. The summed E-state index contributed by atoms with van der Waals surface area (Å²) in [5.74, 6) is -1.32. The van der Waals surface area contributed by atoms with Gasteiger partial charge in [-0.1, -0.05) is 50.6 Å². The van der Waals surface area contributed by atoms with Crippen molar-refractivity contribution in [3.8, 4) is 0 Å². The van der Waals surface area contributed by atoms with Gasteiger partial charge in [-0.2, -0.15) is 0 Å². The summed E-state index contributed by atoms with van der Waals surface area (Å²) < 4.78 is 0. The molecule has 116 valence electrons. The first-order valence-electron chi connectivity index (χ1n) is 6.61. The number of aromatic nitrogens is 4. The number of H-pyrrole nitrogens is 1. The van der Waals surface area contributed by atoms with Crippen LogP contribution in [0.2, 0.25) is 0 Å². The van der Waals surface area contributed by atoms with Gasteiger partial charge in [-0.15, -0.1) is 5.10 Å². The summed E-state index contributed by atoms with van der Waals surface area (Å²) in [6.07, 6.45) is 0. The zero-order valence-electron chi connectivity index (χ0n) is 12.4. The number of benzene rings is 1. The zero-order chi connectivity index (χ0) is 16.4. The lowest BCUT2D eigenvalue weighted by Gasteiger charge is -2.28. The minimum absolute atomic E-state index is 0.109. The molecule has 0 aliphatic heterocycles. The molecule has 8 heteroatoms. The standard InChI is InChI=1S/C14H16ClN5O2/c1-13(2,3)10(21)14(15,11-17-19-20-18-11)12(22)16-9-7-5-4-6-8-9/h4-8H,1-3H3,(H,16,22)(H,17,18,19,20). The van der Waals surface area contributed by atoms with Gasteiger partial charge >= 0.3 is 0 Å². The number of halogens is 1. The number of Topliss-reactive ketones (excluding diaryl/α,β-unsaturated/α-hetero) is 1. The second kappa shape index (κ2) is 5.84. The van der Waals surface area contributed by atoms with Gasteiger partial charge in [0.1, 0.15) is 0 Å². The van der Waals surface area contributed by atoms with Crippen LogP contribution in [-0.4, -0.2) is 32.3 Å². The van der Waals surface area contributed by atoms with Crippen LogP contribution in [0.5, 0.6) is 0 Å². The minimum atomic E-state index is -2.03. The molecule has 0 fully saturated rings. The second-order valence-electron chi connectivity index (χ2n) is 5.81. The lowest BCUT2D eigenvalue weighted by molar-refractivity contribution is -0.135. The number of tetrazole rings is 1. The summed E-state index contributed by atoms with van der Waals surface area (Å²) in [5, 5.41) is 15.5. The van der Waals surface area contributed by atoms with Crippen molar-refractivity contribution in [1.82, 2.24) is 20.6 Å². The van der Waals surface area contributed by atoms with Gasteiger partial charge in [0, 0.05) is 11.1 Å². The van der Waals surface area contributed by atoms with Crippen molar-refractivity contribution in [3.05, 3.63) is 36.2 Å². The normalized spacial score (nSPS) is 14.2. The van der Waals surface area contributed by atoms with Crippen LogP contribution in [0.15, 0.2) is 30.3 Å². The highest BCUT2D eigenvalue weighted by Gasteiger charge is 2.52. The Hall–Kier alpha value is -2.28. The molecular weight excluding hydrogens is 306 g/mol. The Morgan fingerprint density at radius 2 is 1.82 bits per heavy atom. The number of carbonyl (C=O) groups is 2. The Labute approximate surface area is 132 Å². The van der Waals surface area contributed by atoms with Crippen LogP contribution in [0.1, 0.15) is 26.6 Å². The van der Waals surface area contributed by atoms with Crippen LogP contribution >= 0.6 is 11.6 Å². The van der Waals surface area contributed by atoms with E-state index in [1.54, 1.807) is 45.0 Å². The monoisotopic (exact) mass is 321 g/mol. The Morgan fingerprint density at radius 3 is 2.32 bits per heavy atom. The molecule has 0 radical (unpaired) electrons. The van der Waals surface area contributed by atoms with Crippen molar-refractivity contribution in [2.24, 2.45) is 5.41 Å². The summed E-state index contributed by atoms with van der Waals surface area (Å²) in [4.78, 5) is 23.3. The molecule has 1 unspecified atom stereocenters. The summed E-state index contributed by atoms with van der Waals surface area (Å²) in [6.45, 7) is 5.02. The number of amides is 1. The fraction of sp³-hybridized carbons (Fsp3) is 0.357. The number of hydrogen-bond donors (Lipinski definition) is 2. The average molecular weight is 322 g/mol. The van der Waals surface area contributed by atoms with E-state index < -0.39 is 22.0 Å². The Bertz CT molecular complexity index is 666. The number of rotatable bonds is 4. The molecule has 0 bridgehead atoms. The van der Waals surface area contributed by atoms with Crippen LogP contribution in [0.4, 0.5) is 5.69 Å². The van der Waals surface area contributed by atoms with Gasteiger partial charge in [-0.3, -0.25) is 9.59 Å². The number of alkyl halides is 1. The third-order valence-corrected chi connectivity index (χ3v) is 3.53. The maximum Gasteiger partial charge on any atom is 0.261 e. The average Bonchev–Trinajstić information content (AvgIpc) is 3.00. The van der Waals surface area contributed by atoms with E-state index in [0.29, 0.717) is 5.69 Å². The molecular formula is C14H16ClN5O2. The van der Waals surface area contributed by atoms with E-state index in [9.17, 15) is 9.59 Å². The summed E-state index contributed by atoms with van der Waals surface area (Å²) in [7, 11) is 0. The number of ketones is 1. The zero-order valence-corrected chi connectivity index (χ0v) is 13.2. The molecule has 1 amide bonds. The third kappa shape index (κ3) is 2.99. The quantitative estimate of drug-likeness (QED) is 0.661. The first-order chi connectivity index (χ1) is 10.3. The van der Waals surface area contributed by atoms with Crippen LogP contribution in [0, 0.1) is 5.41 Å². The molecule has 0 aliphatic carbocycles. The Kier molecular flexibility index (Phi) is 4.27. The molecule has 2 rings (SSSR count). The first kappa shape index (κ1) is 16.1. The van der Waals surface area contributed by atoms with Crippen LogP contribution in [-0.2, 0) is 14.5 Å². The van der Waals surface area contributed by atoms with Crippen molar-refractivity contribution in [2.45, 2.75) is 25.6 Å². The van der Waals surface area contributed by atoms with Gasteiger partial charge in [-0.25, -0.2) is 5.10 Å². The van der Waals surface area contributed by atoms with E-state index in [2.05, 4.69) is 25.9 Å². The van der Waals surface area contributed by atoms with E-state index in [4.69, 9.17) is 11.6 Å². The topological polar surface area (TPSA) is 101 Å². The predicted molar refractivity (Wildman–Crippen MR) is 81.2 cm³/mol. The molecule has 7 nitrogen and oxygen atoms in total. The molecule has 0 saturated carbocycles. The number of carbonyl (C=O) groups excluding carboxylic acids is 2. The smallest absolute Gasteiger partial charge is 0.261 e. The van der Waals surface area contributed by atoms with E-state index >= 15 is 0 Å². The maximum atomic E-state index is 12.7. The van der Waals surface area contributed by atoms with Gasteiger partial charge in [-0.05, 0) is 22.6 Å².